The summed E-state index contributed by atoms with van der Waals surface area (Å²) in [6, 6.07) is 3.33. The zero-order valence-corrected chi connectivity index (χ0v) is 14.0. The van der Waals surface area contributed by atoms with E-state index in [1.165, 1.54) is 23.6 Å². The summed E-state index contributed by atoms with van der Waals surface area (Å²) in [6.45, 7) is 4.32. The summed E-state index contributed by atoms with van der Waals surface area (Å²) in [6.07, 6.45) is 1.37. The number of carboxylic acid groups (broad SMARTS) is 1. The lowest BCUT2D eigenvalue weighted by Gasteiger charge is -2.12. The first-order valence-corrected chi connectivity index (χ1v) is 8.20. The van der Waals surface area contributed by atoms with E-state index in [2.05, 4.69) is 4.98 Å². The van der Waals surface area contributed by atoms with Crippen LogP contribution in [0.4, 0.5) is 0 Å². The van der Waals surface area contributed by atoms with Gasteiger partial charge in [0.2, 0.25) is 5.43 Å². The molecule has 23 heavy (non-hydrogen) atoms. The van der Waals surface area contributed by atoms with Crippen LogP contribution >= 0.6 is 22.9 Å². The number of carboxylic acids is 1. The zero-order valence-electron chi connectivity index (χ0n) is 12.5. The van der Waals surface area contributed by atoms with Crippen molar-refractivity contribution in [2.24, 2.45) is 0 Å². The fourth-order valence-electron chi connectivity index (χ4n) is 2.47. The van der Waals surface area contributed by atoms with E-state index in [-0.39, 0.29) is 5.56 Å². The molecule has 1 N–H and O–H groups in total. The highest BCUT2D eigenvalue weighted by Gasteiger charge is 2.17. The van der Waals surface area contributed by atoms with Gasteiger partial charge in [0, 0.05) is 34.8 Å². The Kier molecular flexibility index (Phi) is 3.95. The molecule has 0 aliphatic rings. The van der Waals surface area contributed by atoms with Crippen molar-refractivity contribution in [3.05, 3.63) is 50.2 Å². The monoisotopic (exact) mass is 348 g/mol. The molecule has 0 atom stereocenters. The second kappa shape index (κ2) is 5.79. The Bertz CT molecular complexity index is 991. The van der Waals surface area contributed by atoms with Crippen molar-refractivity contribution >= 4 is 39.8 Å². The topological polar surface area (TPSA) is 72.2 Å². The van der Waals surface area contributed by atoms with E-state index < -0.39 is 11.4 Å². The van der Waals surface area contributed by atoms with Crippen molar-refractivity contribution in [2.75, 3.05) is 0 Å². The molecule has 0 aliphatic heterocycles. The van der Waals surface area contributed by atoms with Crippen molar-refractivity contribution in [2.45, 2.75) is 20.4 Å². The third kappa shape index (κ3) is 2.64. The maximum atomic E-state index is 12.4. The maximum absolute atomic E-state index is 12.4. The van der Waals surface area contributed by atoms with Crippen LogP contribution in [-0.4, -0.2) is 20.6 Å². The van der Waals surface area contributed by atoms with Crippen LogP contribution in [0, 0.1) is 6.92 Å². The lowest BCUT2D eigenvalue weighted by atomic mass is 10.1. The van der Waals surface area contributed by atoms with Gasteiger partial charge >= 0.3 is 5.97 Å². The highest BCUT2D eigenvalue weighted by molar-refractivity contribution is 7.13. The largest absolute Gasteiger partial charge is 0.477 e. The number of hydrogen-bond donors (Lipinski definition) is 1. The number of rotatable bonds is 3. The van der Waals surface area contributed by atoms with E-state index in [1.807, 2.05) is 19.2 Å². The van der Waals surface area contributed by atoms with Crippen LogP contribution in [0.2, 0.25) is 5.02 Å². The molecule has 0 aliphatic carbocycles. The van der Waals surface area contributed by atoms with Crippen molar-refractivity contribution in [1.82, 2.24) is 9.55 Å². The van der Waals surface area contributed by atoms with Gasteiger partial charge in [0.25, 0.3) is 0 Å². The molecule has 2 aromatic heterocycles. The summed E-state index contributed by atoms with van der Waals surface area (Å²) < 4.78 is 1.74. The quantitative estimate of drug-likeness (QED) is 0.781. The Morgan fingerprint density at radius 1 is 1.43 bits per heavy atom. The molecule has 0 fully saturated rings. The normalized spacial score (nSPS) is 11.1. The van der Waals surface area contributed by atoms with Gasteiger partial charge in [-0.1, -0.05) is 11.6 Å². The number of nitrogens with zero attached hydrogens (tertiary/aromatic N) is 2. The zero-order chi connectivity index (χ0) is 16.7. The Labute approximate surface area is 140 Å². The second-order valence-electron chi connectivity index (χ2n) is 5.11. The molecule has 1 aromatic carbocycles. The molecule has 0 bridgehead atoms. The van der Waals surface area contributed by atoms with Gasteiger partial charge in [0.1, 0.15) is 10.6 Å². The fraction of sp³-hybridized carbons (Fsp3) is 0.188. The number of carbonyl (C=O) groups is 1. The minimum atomic E-state index is -1.24. The molecule has 0 saturated carbocycles. The van der Waals surface area contributed by atoms with Crippen LogP contribution in [0.5, 0.6) is 0 Å². The summed E-state index contributed by atoms with van der Waals surface area (Å²) in [4.78, 5) is 28.1. The average molecular weight is 349 g/mol. The van der Waals surface area contributed by atoms with Gasteiger partial charge in [0.05, 0.1) is 10.5 Å². The number of benzene rings is 1. The predicted molar refractivity (Wildman–Crippen MR) is 91.7 cm³/mol. The molecule has 118 valence electrons. The summed E-state index contributed by atoms with van der Waals surface area (Å²) in [5, 5.41) is 12.6. The molecule has 0 amide bonds. The number of pyridine rings is 1. The second-order valence-corrected chi connectivity index (χ2v) is 6.37. The summed E-state index contributed by atoms with van der Waals surface area (Å²) >= 11 is 7.79. The van der Waals surface area contributed by atoms with Crippen LogP contribution in [0.1, 0.15) is 23.0 Å². The lowest BCUT2D eigenvalue weighted by Crippen LogP contribution is -2.18. The van der Waals surface area contributed by atoms with Crippen molar-refractivity contribution in [1.29, 1.82) is 0 Å². The van der Waals surface area contributed by atoms with Gasteiger partial charge in [-0.05, 0) is 26.0 Å². The number of hydrogen-bond acceptors (Lipinski definition) is 4. The molecule has 5 nitrogen and oxygen atoms in total. The van der Waals surface area contributed by atoms with Gasteiger partial charge in [-0.25, -0.2) is 9.78 Å². The first-order chi connectivity index (χ1) is 10.9. The molecule has 0 unspecified atom stereocenters. The number of aromatic carboxylic acids is 1. The van der Waals surface area contributed by atoms with E-state index in [0.29, 0.717) is 22.5 Å². The predicted octanol–water partition coefficient (Wildman–Crippen LogP) is 3.80. The Morgan fingerprint density at radius 2 is 2.17 bits per heavy atom. The van der Waals surface area contributed by atoms with E-state index >= 15 is 0 Å². The smallest absolute Gasteiger partial charge is 0.341 e. The van der Waals surface area contributed by atoms with Gasteiger partial charge in [-0.15, -0.1) is 11.3 Å². The standard InChI is InChI=1S/C16H13ClN2O3S/c1-3-19-6-11(16(21)22)14(20)10-4-12(17)9(5-13(10)19)15-18-8(2)7-23-15/h4-7H,3H2,1-2H3,(H,21,22). The molecular formula is C16H13ClN2O3S. The van der Waals surface area contributed by atoms with Crippen LogP contribution in [-0.2, 0) is 6.54 Å². The Balaban J connectivity index is 2.38. The molecule has 3 aromatic rings. The van der Waals surface area contributed by atoms with Crippen LogP contribution in [0.3, 0.4) is 0 Å². The first kappa shape index (κ1) is 15.7. The minimum Gasteiger partial charge on any atom is -0.477 e. The molecule has 0 radical (unpaired) electrons. The number of fused-ring (bicyclic) bond motifs is 1. The lowest BCUT2D eigenvalue weighted by molar-refractivity contribution is 0.0695. The Hall–Kier alpha value is -2.18. The van der Waals surface area contributed by atoms with Crippen LogP contribution in [0.25, 0.3) is 21.5 Å². The Morgan fingerprint density at radius 3 is 2.74 bits per heavy atom. The average Bonchev–Trinajstić information content (AvgIpc) is 2.93. The van der Waals surface area contributed by atoms with Crippen molar-refractivity contribution in [3.8, 4) is 10.6 Å². The molecule has 3 rings (SSSR count). The van der Waals surface area contributed by atoms with E-state index in [4.69, 9.17) is 11.6 Å². The molecule has 0 saturated heterocycles. The molecule has 0 spiro atoms. The summed E-state index contributed by atoms with van der Waals surface area (Å²) in [5.74, 6) is -1.24. The first-order valence-electron chi connectivity index (χ1n) is 6.95. The highest BCUT2D eigenvalue weighted by Crippen LogP contribution is 2.33. The molecule has 2 heterocycles. The highest BCUT2D eigenvalue weighted by atomic mass is 35.5. The van der Waals surface area contributed by atoms with Crippen molar-refractivity contribution < 1.29 is 9.90 Å². The summed E-state index contributed by atoms with van der Waals surface area (Å²) in [7, 11) is 0. The van der Waals surface area contributed by atoms with Gasteiger partial charge in [-0.3, -0.25) is 4.79 Å². The fourth-order valence-corrected chi connectivity index (χ4v) is 3.60. The minimum absolute atomic E-state index is 0.256. The maximum Gasteiger partial charge on any atom is 0.341 e. The number of halogens is 1. The number of aryl methyl sites for hydroxylation is 2. The van der Waals surface area contributed by atoms with Crippen molar-refractivity contribution in [3.63, 3.8) is 0 Å². The molecule has 7 heteroatoms. The summed E-state index contributed by atoms with van der Waals surface area (Å²) in [5.41, 5.74) is 1.50. The van der Waals surface area contributed by atoms with Gasteiger partial charge in [0.15, 0.2) is 0 Å². The van der Waals surface area contributed by atoms with E-state index in [1.54, 1.807) is 10.6 Å². The third-order valence-electron chi connectivity index (χ3n) is 3.59. The van der Waals surface area contributed by atoms with Gasteiger partial charge < -0.3 is 9.67 Å². The van der Waals surface area contributed by atoms with E-state index in [0.717, 1.165) is 16.3 Å². The van der Waals surface area contributed by atoms with Crippen LogP contribution < -0.4 is 5.43 Å². The third-order valence-corrected chi connectivity index (χ3v) is 4.90. The van der Waals surface area contributed by atoms with Gasteiger partial charge in [-0.2, -0.15) is 0 Å². The molecular weight excluding hydrogens is 336 g/mol. The number of aromatic nitrogens is 2. The van der Waals surface area contributed by atoms with E-state index in [9.17, 15) is 14.7 Å². The SMILES string of the molecule is CCn1cc(C(=O)O)c(=O)c2cc(Cl)c(-c3nc(C)cs3)cc21. The number of thiazole rings is 1. The van der Waals surface area contributed by atoms with Crippen LogP contribution in [0.15, 0.2) is 28.5 Å².